The summed E-state index contributed by atoms with van der Waals surface area (Å²) in [6, 6.07) is 2.89. The molecule has 0 amide bonds. The summed E-state index contributed by atoms with van der Waals surface area (Å²) >= 11 is 6.66. The van der Waals surface area contributed by atoms with Crippen molar-refractivity contribution in [2.45, 2.75) is 6.10 Å². The fraction of sp³-hybridized carbons (Fsp3) is 0.100. The molecule has 0 fully saturated rings. The van der Waals surface area contributed by atoms with E-state index in [2.05, 4.69) is 4.98 Å². The molecule has 6 heteroatoms. The van der Waals surface area contributed by atoms with Gasteiger partial charge in [-0.15, -0.1) is 11.3 Å². The van der Waals surface area contributed by atoms with Gasteiger partial charge < -0.3 is 5.11 Å². The molecule has 0 aliphatic heterocycles. The minimum atomic E-state index is -1.30. The Balaban J connectivity index is 2.40. The number of halogens is 3. The summed E-state index contributed by atoms with van der Waals surface area (Å²) in [4.78, 5) is 3.81. The summed E-state index contributed by atoms with van der Waals surface area (Å²) in [5, 5.41) is 10.0. The van der Waals surface area contributed by atoms with Crippen molar-refractivity contribution in [1.29, 1.82) is 0 Å². The zero-order chi connectivity index (χ0) is 11.7. The average molecular weight is 262 g/mol. The number of hydrogen-bond acceptors (Lipinski definition) is 3. The fourth-order valence-electron chi connectivity index (χ4n) is 1.25. The van der Waals surface area contributed by atoms with Crippen LogP contribution in [-0.2, 0) is 0 Å². The second-order valence-corrected chi connectivity index (χ2v) is 4.76. The topological polar surface area (TPSA) is 33.1 Å². The van der Waals surface area contributed by atoms with E-state index >= 15 is 0 Å². The van der Waals surface area contributed by atoms with Crippen molar-refractivity contribution in [2.24, 2.45) is 0 Å². The first-order valence-corrected chi connectivity index (χ1v) is 5.51. The molecule has 1 aromatic carbocycles. The Labute approximate surface area is 99.1 Å². The molecule has 2 nitrogen and oxygen atoms in total. The van der Waals surface area contributed by atoms with Gasteiger partial charge in [-0.05, 0) is 18.2 Å². The van der Waals surface area contributed by atoms with Crippen LogP contribution in [0.25, 0.3) is 0 Å². The molecule has 16 heavy (non-hydrogen) atoms. The number of aromatic nitrogens is 1. The van der Waals surface area contributed by atoms with E-state index in [0.29, 0.717) is 4.34 Å². The van der Waals surface area contributed by atoms with E-state index in [1.54, 1.807) is 0 Å². The lowest BCUT2D eigenvalue weighted by Gasteiger charge is -2.08. The Morgan fingerprint density at radius 3 is 2.75 bits per heavy atom. The number of benzene rings is 1. The Morgan fingerprint density at radius 2 is 2.12 bits per heavy atom. The highest BCUT2D eigenvalue weighted by molar-refractivity contribution is 7.15. The third kappa shape index (κ3) is 2.21. The molecule has 0 aliphatic rings. The van der Waals surface area contributed by atoms with E-state index in [0.717, 1.165) is 29.5 Å². The first-order valence-electron chi connectivity index (χ1n) is 4.32. The highest BCUT2D eigenvalue weighted by atomic mass is 35.5. The lowest BCUT2D eigenvalue weighted by Crippen LogP contribution is -2.02. The van der Waals surface area contributed by atoms with Gasteiger partial charge in [-0.25, -0.2) is 13.8 Å². The number of nitrogens with zero attached hydrogens (tertiary/aromatic N) is 1. The van der Waals surface area contributed by atoms with Crippen molar-refractivity contribution in [3.63, 3.8) is 0 Å². The van der Waals surface area contributed by atoms with Crippen LogP contribution in [-0.4, -0.2) is 10.1 Å². The SMILES string of the molecule is OC(c1ncc(Cl)s1)c1cc(F)ccc1F. The Bertz CT molecular complexity index is 517. The summed E-state index contributed by atoms with van der Waals surface area (Å²) in [5.74, 6) is -1.29. The van der Waals surface area contributed by atoms with Crippen LogP contribution in [0.15, 0.2) is 24.4 Å². The molecule has 1 aromatic heterocycles. The maximum Gasteiger partial charge on any atom is 0.133 e. The number of aliphatic hydroxyl groups is 1. The molecule has 2 aromatic rings. The van der Waals surface area contributed by atoms with Crippen molar-refractivity contribution in [3.8, 4) is 0 Å². The lowest BCUT2D eigenvalue weighted by atomic mass is 10.1. The molecule has 1 N–H and O–H groups in total. The van der Waals surface area contributed by atoms with Crippen LogP contribution in [0.3, 0.4) is 0 Å². The van der Waals surface area contributed by atoms with Crippen LogP contribution < -0.4 is 0 Å². The smallest absolute Gasteiger partial charge is 0.133 e. The van der Waals surface area contributed by atoms with Gasteiger partial charge in [0.25, 0.3) is 0 Å². The molecule has 1 unspecified atom stereocenters. The van der Waals surface area contributed by atoms with Gasteiger partial charge in [-0.2, -0.15) is 0 Å². The molecular formula is C10H6ClF2NOS. The van der Waals surface area contributed by atoms with Gasteiger partial charge in [0.05, 0.1) is 6.20 Å². The van der Waals surface area contributed by atoms with Crippen molar-refractivity contribution >= 4 is 22.9 Å². The Morgan fingerprint density at radius 1 is 1.38 bits per heavy atom. The van der Waals surface area contributed by atoms with Crippen LogP contribution in [0.1, 0.15) is 16.7 Å². The maximum atomic E-state index is 13.3. The second kappa shape index (κ2) is 4.45. The van der Waals surface area contributed by atoms with Gasteiger partial charge in [-0.3, -0.25) is 0 Å². The molecule has 0 aliphatic carbocycles. The fourth-order valence-corrected chi connectivity index (χ4v) is 2.19. The van der Waals surface area contributed by atoms with Crippen LogP contribution in [0.5, 0.6) is 0 Å². The van der Waals surface area contributed by atoms with E-state index in [4.69, 9.17) is 11.6 Å². The molecule has 84 valence electrons. The number of rotatable bonds is 2. The summed E-state index contributed by atoms with van der Waals surface area (Å²) < 4.78 is 26.6. The van der Waals surface area contributed by atoms with Crippen LogP contribution in [0.4, 0.5) is 8.78 Å². The van der Waals surface area contributed by atoms with Crippen LogP contribution in [0, 0.1) is 11.6 Å². The van der Waals surface area contributed by atoms with E-state index in [9.17, 15) is 13.9 Å². The summed E-state index contributed by atoms with van der Waals surface area (Å²) in [6.07, 6.45) is 0.0512. The maximum absolute atomic E-state index is 13.3. The van der Waals surface area contributed by atoms with E-state index in [1.165, 1.54) is 6.20 Å². The van der Waals surface area contributed by atoms with E-state index in [1.807, 2.05) is 0 Å². The van der Waals surface area contributed by atoms with Crippen molar-refractivity contribution in [1.82, 2.24) is 4.98 Å². The molecule has 0 spiro atoms. The van der Waals surface area contributed by atoms with Gasteiger partial charge in [0.1, 0.15) is 27.1 Å². The Kier molecular flexibility index (Phi) is 3.18. The van der Waals surface area contributed by atoms with E-state index < -0.39 is 17.7 Å². The van der Waals surface area contributed by atoms with Gasteiger partial charge in [0, 0.05) is 5.56 Å². The zero-order valence-electron chi connectivity index (χ0n) is 7.82. The predicted molar refractivity (Wildman–Crippen MR) is 57.5 cm³/mol. The highest BCUT2D eigenvalue weighted by Crippen LogP contribution is 2.29. The monoisotopic (exact) mass is 261 g/mol. The van der Waals surface area contributed by atoms with Gasteiger partial charge in [0.2, 0.25) is 0 Å². The van der Waals surface area contributed by atoms with Crippen molar-refractivity contribution in [2.75, 3.05) is 0 Å². The molecule has 1 heterocycles. The van der Waals surface area contributed by atoms with Crippen molar-refractivity contribution in [3.05, 3.63) is 50.9 Å². The molecular weight excluding hydrogens is 256 g/mol. The Hall–Kier alpha value is -1.04. The lowest BCUT2D eigenvalue weighted by molar-refractivity contribution is 0.214. The second-order valence-electron chi connectivity index (χ2n) is 3.07. The minimum Gasteiger partial charge on any atom is -0.381 e. The third-order valence-corrected chi connectivity index (χ3v) is 3.15. The first-order chi connectivity index (χ1) is 7.58. The van der Waals surface area contributed by atoms with Gasteiger partial charge in [-0.1, -0.05) is 11.6 Å². The summed E-state index contributed by atoms with van der Waals surface area (Å²) in [7, 11) is 0. The number of aliphatic hydroxyl groups excluding tert-OH is 1. The predicted octanol–water partition coefficient (Wildman–Crippen LogP) is 3.16. The molecule has 0 saturated carbocycles. The summed E-state index contributed by atoms with van der Waals surface area (Å²) in [5.41, 5.74) is -0.147. The first kappa shape index (κ1) is 11.4. The van der Waals surface area contributed by atoms with Gasteiger partial charge in [0.15, 0.2) is 0 Å². The zero-order valence-corrected chi connectivity index (χ0v) is 9.40. The molecule has 0 bridgehead atoms. The molecule has 0 radical (unpaired) electrons. The molecule has 2 rings (SSSR count). The average Bonchev–Trinajstić information content (AvgIpc) is 2.67. The quantitative estimate of drug-likeness (QED) is 0.901. The number of thiazole rings is 1. The van der Waals surface area contributed by atoms with Crippen LogP contribution >= 0.6 is 22.9 Å². The number of hydrogen-bond donors (Lipinski definition) is 1. The highest BCUT2D eigenvalue weighted by Gasteiger charge is 2.18. The summed E-state index contributed by atoms with van der Waals surface area (Å²) in [6.45, 7) is 0. The van der Waals surface area contributed by atoms with Crippen LogP contribution in [0.2, 0.25) is 4.34 Å². The largest absolute Gasteiger partial charge is 0.381 e. The van der Waals surface area contributed by atoms with Crippen molar-refractivity contribution < 1.29 is 13.9 Å². The minimum absolute atomic E-state index is 0.147. The molecule has 1 atom stereocenters. The third-order valence-electron chi connectivity index (χ3n) is 1.98. The molecule has 0 saturated heterocycles. The van der Waals surface area contributed by atoms with E-state index in [-0.39, 0.29) is 10.6 Å². The standard InChI is InChI=1S/C10H6ClF2NOS/c11-8-4-14-10(16-8)9(15)6-3-5(12)1-2-7(6)13/h1-4,9,15H. The normalized spacial score (nSPS) is 12.8. The van der Waals surface area contributed by atoms with Gasteiger partial charge >= 0.3 is 0 Å².